The fourth-order valence-corrected chi connectivity index (χ4v) is 1.08. The minimum atomic E-state index is -0.997. The summed E-state index contributed by atoms with van der Waals surface area (Å²) < 4.78 is 17.1. The molecule has 5 heteroatoms. The van der Waals surface area contributed by atoms with Crippen molar-refractivity contribution in [2.75, 3.05) is 19.8 Å². The molecule has 13 heavy (non-hydrogen) atoms. The standard InChI is InChI=1S/C8H12FNO3/c1-6(9)2-3-10-7(11)4-13-5-8(10)12/h6H,2-5H2,1H3. The Bertz CT molecular complexity index is 201. The van der Waals surface area contributed by atoms with E-state index in [1.54, 1.807) is 0 Å². The minimum Gasteiger partial charge on any atom is -0.362 e. The van der Waals surface area contributed by atoms with Gasteiger partial charge in [0.15, 0.2) is 0 Å². The molecule has 0 N–H and O–H groups in total. The van der Waals surface area contributed by atoms with Crippen LogP contribution in [0, 0.1) is 0 Å². The number of carbonyl (C=O) groups excluding carboxylic acids is 2. The molecule has 0 aromatic rings. The van der Waals surface area contributed by atoms with E-state index >= 15 is 0 Å². The summed E-state index contributed by atoms with van der Waals surface area (Å²) in [6.45, 7) is 1.40. The van der Waals surface area contributed by atoms with Crippen LogP contribution in [0.1, 0.15) is 13.3 Å². The summed E-state index contributed by atoms with van der Waals surface area (Å²) in [5.41, 5.74) is 0. The molecule has 1 aliphatic rings. The molecule has 0 aromatic carbocycles. The van der Waals surface area contributed by atoms with E-state index in [-0.39, 0.29) is 38.0 Å². The number of carbonyl (C=O) groups is 2. The van der Waals surface area contributed by atoms with Gasteiger partial charge in [-0.2, -0.15) is 0 Å². The van der Waals surface area contributed by atoms with Crippen molar-refractivity contribution in [3.8, 4) is 0 Å². The summed E-state index contributed by atoms with van der Waals surface area (Å²) in [6.07, 6.45) is -0.805. The number of nitrogens with zero attached hydrogens (tertiary/aromatic N) is 1. The number of ether oxygens (including phenoxy) is 1. The summed E-state index contributed by atoms with van der Waals surface area (Å²) in [7, 11) is 0. The molecule has 0 radical (unpaired) electrons. The van der Waals surface area contributed by atoms with Gasteiger partial charge in [-0.05, 0) is 13.3 Å². The molecule has 74 valence electrons. The van der Waals surface area contributed by atoms with Gasteiger partial charge in [-0.15, -0.1) is 0 Å². The monoisotopic (exact) mass is 189 g/mol. The number of hydrogen-bond acceptors (Lipinski definition) is 3. The maximum absolute atomic E-state index is 12.4. The third-order valence-electron chi connectivity index (χ3n) is 1.80. The second kappa shape index (κ2) is 4.32. The van der Waals surface area contributed by atoms with Crippen LogP contribution < -0.4 is 0 Å². The lowest BCUT2D eigenvalue weighted by Crippen LogP contribution is -2.46. The van der Waals surface area contributed by atoms with Crippen LogP contribution in [0.2, 0.25) is 0 Å². The molecule has 0 spiro atoms. The molecule has 1 rings (SSSR count). The van der Waals surface area contributed by atoms with Gasteiger partial charge in [0.05, 0.1) is 6.17 Å². The predicted molar refractivity (Wildman–Crippen MR) is 42.7 cm³/mol. The minimum absolute atomic E-state index is 0.0770. The molecule has 1 saturated heterocycles. The number of hydrogen-bond donors (Lipinski definition) is 0. The molecule has 4 nitrogen and oxygen atoms in total. The molecule has 1 heterocycles. The van der Waals surface area contributed by atoms with E-state index in [1.165, 1.54) is 6.92 Å². The zero-order chi connectivity index (χ0) is 9.84. The number of rotatable bonds is 3. The Hall–Kier alpha value is -0.970. The van der Waals surface area contributed by atoms with Crippen molar-refractivity contribution < 1.29 is 18.7 Å². The third-order valence-corrected chi connectivity index (χ3v) is 1.80. The number of morpholine rings is 1. The molecule has 0 bridgehead atoms. The van der Waals surface area contributed by atoms with Crippen LogP contribution in [0.15, 0.2) is 0 Å². The molecule has 0 aliphatic carbocycles. The van der Waals surface area contributed by atoms with Gasteiger partial charge in [0, 0.05) is 6.54 Å². The summed E-state index contributed by atoms with van der Waals surface area (Å²) in [6, 6.07) is 0. The predicted octanol–water partition coefficient (Wildman–Crippen LogP) is 0.120. The molecule has 1 aliphatic heterocycles. The van der Waals surface area contributed by atoms with Crippen LogP contribution in [-0.2, 0) is 14.3 Å². The number of imide groups is 1. The first kappa shape index (κ1) is 10.1. The van der Waals surface area contributed by atoms with Crippen molar-refractivity contribution >= 4 is 11.8 Å². The maximum atomic E-state index is 12.4. The van der Waals surface area contributed by atoms with E-state index in [4.69, 9.17) is 4.74 Å². The lowest BCUT2D eigenvalue weighted by Gasteiger charge is -2.24. The zero-order valence-corrected chi connectivity index (χ0v) is 7.46. The SMILES string of the molecule is CC(F)CCN1C(=O)COCC1=O. The lowest BCUT2D eigenvalue weighted by molar-refractivity contribution is -0.158. The Kier molecular flexibility index (Phi) is 3.36. The first-order valence-corrected chi connectivity index (χ1v) is 4.16. The first-order valence-electron chi connectivity index (χ1n) is 4.16. The average Bonchev–Trinajstić information content (AvgIpc) is 2.03. The van der Waals surface area contributed by atoms with Crippen molar-refractivity contribution in [1.29, 1.82) is 0 Å². The summed E-state index contributed by atoms with van der Waals surface area (Å²) in [5.74, 6) is -0.756. The van der Waals surface area contributed by atoms with Crippen LogP contribution in [0.3, 0.4) is 0 Å². The van der Waals surface area contributed by atoms with E-state index in [1.807, 2.05) is 0 Å². The van der Waals surface area contributed by atoms with E-state index < -0.39 is 6.17 Å². The Labute approximate surface area is 75.6 Å². The molecule has 0 aromatic heterocycles. The van der Waals surface area contributed by atoms with Crippen molar-refractivity contribution in [2.24, 2.45) is 0 Å². The molecule has 2 amide bonds. The first-order chi connectivity index (χ1) is 6.11. The van der Waals surface area contributed by atoms with Gasteiger partial charge >= 0.3 is 0 Å². The topological polar surface area (TPSA) is 46.6 Å². The Balaban J connectivity index is 2.44. The van der Waals surface area contributed by atoms with E-state index in [0.717, 1.165) is 4.90 Å². The van der Waals surface area contributed by atoms with Crippen LogP contribution in [0.25, 0.3) is 0 Å². The van der Waals surface area contributed by atoms with Gasteiger partial charge in [-0.25, -0.2) is 4.39 Å². The summed E-state index contributed by atoms with van der Waals surface area (Å²) >= 11 is 0. The van der Waals surface area contributed by atoms with Gasteiger partial charge < -0.3 is 4.74 Å². The molecule has 1 fully saturated rings. The molecular weight excluding hydrogens is 177 g/mol. The Morgan fingerprint density at radius 1 is 1.46 bits per heavy atom. The Morgan fingerprint density at radius 2 is 2.00 bits per heavy atom. The second-order valence-corrected chi connectivity index (χ2v) is 3.00. The fourth-order valence-electron chi connectivity index (χ4n) is 1.08. The molecular formula is C8H12FNO3. The van der Waals surface area contributed by atoms with E-state index in [9.17, 15) is 14.0 Å². The number of amides is 2. The summed E-state index contributed by atoms with van der Waals surface area (Å²) in [4.78, 5) is 23.2. The van der Waals surface area contributed by atoms with Crippen LogP contribution in [0.4, 0.5) is 4.39 Å². The zero-order valence-electron chi connectivity index (χ0n) is 7.46. The highest BCUT2D eigenvalue weighted by molar-refractivity contribution is 5.98. The Morgan fingerprint density at radius 3 is 2.46 bits per heavy atom. The van der Waals surface area contributed by atoms with Gasteiger partial charge in [-0.1, -0.05) is 0 Å². The lowest BCUT2D eigenvalue weighted by atomic mass is 10.2. The van der Waals surface area contributed by atoms with Crippen molar-refractivity contribution in [1.82, 2.24) is 4.90 Å². The second-order valence-electron chi connectivity index (χ2n) is 3.00. The average molecular weight is 189 g/mol. The van der Waals surface area contributed by atoms with Crippen LogP contribution >= 0.6 is 0 Å². The van der Waals surface area contributed by atoms with Crippen LogP contribution in [0.5, 0.6) is 0 Å². The number of halogens is 1. The van der Waals surface area contributed by atoms with E-state index in [0.29, 0.717) is 0 Å². The summed E-state index contributed by atoms with van der Waals surface area (Å²) in [5, 5.41) is 0. The van der Waals surface area contributed by atoms with Crippen molar-refractivity contribution in [3.05, 3.63) is 0 Å². The molecule has 0 saturated carbocycles. The van der Waals surface area contributed by atoms with Gasteiger partial charge in [0.25, 0.3) is 11.8 Å². The number of alkyl halides is 1. The van der Waals surface area contributed by atoms with Gasteiger partial charge in [-0.3, -0.25) is 14.5 Å². The highest BCUT2D eigenvalue weighted by Gasteiger charge is 2.26. The van der Waals surface area contributed by atoms with E-state index in [2.05, 4.69) is 0 Å². The highest BCUT2D eigenvalue weighted by Crippen LogP contribution is 2.04. The van der Waals surface area contributed by atoms with Crippen molar-refractivity contribution in [3.63, 3.8) is 0 Å². The highest BCUT2D eigenvalue weighted by atomic mass is 19.1. The maximum Gasteiger partial charge on any atom is 0.255 e. The molecule has 1 unspecified atom stereocenters. The smallest absolute Gasteiger partial charge is 0.255 e. The van der Waals surface area contributed by atoms with Crippen LogP contribution in [-0.4, -0.2) is 42.6 Å². The van der Waals surface area contributed by atoms with Gasteiger partial charge in [0.2, 0.25) is 0 Å². The largest absolute Gasteiger partial charge is 0.362 e. The third kappa shape index (κ3) is 2.77. The van der Waals surface area contributed by atoms with Crippen molar-refractivity contribution in [2.45, 2.75) is 19.5 Å². The normalized spacial score (nSPS) is 20.6. The molecule has 1 atom stereocenters. The quantitative estimate of drug-likeness (QED) is 0.592. The fraction of sp³-hybridized carbons (Fsp3) is 0.750. The van der Waals surface area contributed by atoms with Gasteiger partial charge in [0.1, 0.15) is 13.2 Å².